The summed E-state index contributed by atoms with van der Waals surface area (Å²) in [6.07, 6.45) is 0. The normalized spacial score (nSPS) is 20.1. The van der Waals surface area contributed by atoms with Gasteiger partial charge in [-0.3, -0.25) is 0 Å². The molecule has 0 aromatic rings. The number of hydrogen-bond donors (Lipinski definition) is 2. The molecule has 3 N–H and O–H groups in total. The highest BCUT2D eigenvalue weighted by atomic mass is 32.2. The van der Waals surface area contributed by atoms with Crippen LogP contribution in [-0.2, 0) is 25.2 Å². The van der Waals surface area contributed by atoms with Crippen LogP contribution in [0.15, 0.2) is 0 Å². The maximum atomic E-state index is 11.8. The van der Waals surface area contributed by atoms with Crippen molar-refractivity contribution in [1.29, 1.82) is 0 Å². The highest BCUT2D eigenvalue weighted by Crippen LogP contribution is 2.07. The van der Waals surface area contributed by atoms with Crippen molar-refractivity contribution in [2.24, 2.45) is 5.14 Å². The molecule has 0 radical (unpaired) electrons. The van der Waals surface area contributed by atoms with Crippen LogP contribution in [0.1, 0.15) is 0 Å². The Morgan fingerprint density at radius 2 is 1.61 bits per heavy atom. The first-order valence-corrected chi connectivity index (χ1v) is 8.23. The smallest absolute Gasteiger partial charge is 0.279 e. The van der Waals surface area contributed by atoms with Gasteiger partial charge in [0, 0.05) is 39.8 Å². The molecular weight excluding hydrogens is 284 g/mol. The molecule has 0 aromatic heterocycles. The van der Waals surface area contributed by atoms with Crippen molar-refractivity contribution in [2.45, 2.75) is 0 Å². The summed E-state index contributed by atoms with van der Waals surface area (Å²) >= 11 is 0. The first-order chi connectivity index (χ1) is 8.27. The Hall–Kier alpha value is -0.300. The van der Waals surface area contributed by atoms with Crippen molar-refractivity contribution >= 4 is 20.4 Å². The molecule has 1 heterocycles. The molecule has 1 fully saturated rings. The molecule has 1 aliphatic heterocycles. The molecule has 0 atom stereocenters. The van der Waals surface area contributed by atoms with Crippen molar-refractivity contribution < 1.29 is 21.6 Å². The third-order valence-corrected chi connectivity index (χ3v) is 5.19. The predicted molar refractivity (Wildman–Crippen MR) is 65.1 cm³/mol. The van der Waals surface area contributed by atoms with Crippen LogP contribution < -0.4 is 9.86 Å². The number of nitrogens with one attached hydrogen (secondary N) is 1. The van der Waals surface area contributed by atoms with Gasteiger partial charge in [0.1, 0.15) is 0 Å². The molecule has 0 amide bonds. The number of nitrogens with zero attached hydrogens (tertiary/aromatic N) is 2. The largest absolute Gasteiger partial charge is 0.383 e. The van der Waals surface area contributed by atoms with E-state index in [4.69, 9.17) is 9.88 Å². The van der Waals surface area contributed by atoms with Gasteiger partial charge >= 0.3 is 0 Å². The van der Waals surface area contributed by atoms with Gasteiger partial charge in [-0.25, -0.2) is 5.14 Å². The van der Waals surface area contributed by atoms with Crippen molar-refractivity contribution in [2.75, 3.05) is 46.4 Å². The molecule has 0 aliphatic carbocycles. The fourth-order valence-corrected chi connectivity index (χ4v) is 3.37. The summed E-state index contributed by atoms with van der Waals surface area (Å²) in [7, 11) is -5.86. The van der Waals surface area contributed by atoms with E-state index >= 15 is 0 Å². The number of methoxy groups -OCH3 is 1. The van der Waals surface area contributed by atoms with Gasteiger partial charge in [0.05, 0.1) is 6.61 Å². The fourth-order valence-electron chi connectivity index (χ4n) is 1.53. The zero-order valence-corrected chi connectivity index (χ0v) is 11.7. The Labute approximate surface area is 107 Å². The zero-order chi connectivity index (χ0) is 13.8. The first-order valence-electron chi connectivity index (χ1n) is 5.29. The predicted octanol–water partition coefficient (Wildman–Crippen LogP) is -2.71. The van der Waals surface area contributed by atoms with Crippen LogP contribution in [0.25, 0.3) is 0 Å². The van der Waals surface area contributed by atoms with E-state index in [0.29, 0.717) is 0 Å². The average Bonchev–Trinajstić information content (AvgIpc) is 2.28. The minimum Gasteiger partial charge on any atom is -0.383 e. The van der Waals surface area contributed by atoms with Gasteiger partial charge in [0.2, 0.25) is 0 Å². The second-order valence-corrected chi connectivity index (χ2v) is 7.04. The Bertz CT molecular complexity index is 454. The van der Waals surface area contributed by atoms with Crippen LogP contribution in [0.4, 0.5) is 0 Å². The molecule has 0 bridgehead atoms. The lowest BCUT2D eigenvalue weighted by atomic mass is 10.4. The molecule has 0 unspecified atom stereocenters. The van der Waals surface area contributed by atoms with Gasteiger partial charge in [0.15, 0.2) is 0 Å². The second kappa shape index (κ2) is 6.23. The SMILES string of the molecule is COCCNS(=O)(=O)N1CCN(S(N)(=O)=O)CC1. The standard InChI is InChI=1S/C7H18N4O5S2/c1-16-7-2-9-18(14,15)11-5-3-10(4-6-11)17(8,12)13/h9H,2-7H2,1H3,(H2,8,12,13). The van der Waals surface area contributed by atoms with Gasteiger partial charge in [-0.15, -0.1) is 0 Å². The molecule has 1 aliphatic rings. The molecule has 0 spiro atoms. The van der Waals surface area contributed by atoms with Crippen molar-refractivity contribution in [3.05, 3.63) is 0 Å². The van der Waals surface area contributed by atoms with Gasteiger partial charge in [-0.05, 0) is 0 Å². The van der Waals surface area contributed by atoms with Crippen LogP contribution in [-0.4, -0.2) is 71.9 Å². The molecule has 11 heteroatoms. The fraction of sp³-hybridized carbons (Fsp3) is 1.00. The molecule has 9 nitrogen and oxygen atoms in total. The van der Waals surface area contributed by atoms with Crippen LogP contribution in [0.3, 0.4) is 0 Å². The topological polar surface area (TPSA) is 122 Å². The van der Waals surface area contributed by atoms with Crippen LogP contribution in [0, 0.1) is 0 Å². The highest BCUT2D eigenvalue weighted by molar-refractivity contribution is 7.87. The third kappa shape index (κ3) is 4.42. The Morgan fingerprint density at radius 1 is 1.11 bits per heavy atom. The molecule has 1 rings (SSSR count). The maximum absolute atomic E-state index is 11.8. The quantitative estimate of drug-likeness (QED) is 0.517. The van der Waals surface area contributed by atoms with E-state index in [9.17, 15) is 16.8 Å². The van der Waals surface area contributed by atoms with E-state index < -0.39 is 20.4 Å². The van der Waals surface area contributed by atoms with Crippen LogP contribution >= 0.6 is 0 Å². The summed E-state index contributed by atoms with van der Waals surface area (Å²) in [4.78, 5) is 0. The zero-order valence-electron chi connectivity index (χ0n) is 10.1. The van der Waals surface area contributed by atoms with Crippen LogP contribution in [0.2, 0.25) is 0 Å². The summed E-state index contributed by atoms with van der Waals surface area (Å²) in [6.45, 7) is 0.732. The van der Waals surface area contributed by atoms with Crippen LogP contribution in [0.5, 0.6) is 0 Å². The van der Waals surface area contributed by atoms with Crippen molar-refractivity contribution in [1.82, 2.24) is 13.3 Å². The molecule has 1 saturated heterocycles. The third-order valence-electron chi connectivity index (χ3n) is 2.49. The molecule has 0 saturated carbocycles. The highest BCUT2D eigenvalue weighted by Gasteiger charge is 2.30. The van der Waals surface area contributed by atoms with Gasteiger partial charge < -0.3 is 4.74 Å². The number of rotatable bonds is 6. The van der Waals surface area contributed by atoms with Crippen molar-refractivity contribution in [3.8, 4) is 0 Å². The molecule has 18 heavy (non-hydrogen) atoms. The Kier molecular flexibility index (Phi) is 5.46. The van der Waals surface area contributed by atoms with Crippen molar-refractivity contribution in [3.63, 3.8) is 0 Å². The molecule has 0 aromatic carbocycles. The summed E-state index contributed by atoms with van der Waals surface area (Å²) in [5, 5.41) is 4.96. The molecular formula is C7H18N4O5S2. The van der Waals surface area contributed by atoms with E-state index in [1.54, 1.807) is 0 Å². The van der Waals surface area contributed by atoms with Gasteiger partial charge in [-0.2, -0.15) is 30.2 Å². The summed E-state index contributed by atoms with van der Waals surface area (Å²) in [5.41, 5.74) is 0. The van der Waals surface area contributed by atoms with Gasteiger partial charge in [-0.1, -0.05) is 0 Å². The van der Waals surface area contributed by atoms with Gasteiger partial charge in [0.25, 0.3) is 20.4 Å². The molecule has 108 valence electrons. The van der Waals surface area contributed by atoms with E-state index in [-0.39, 0.29) is 39.3 Å². The van der Waals surface area contributed by atoms with E-state index in [1.807, 2.05) is 0 Å². The Balaban J connectivity index is 2.52. The number of hydrogen-bond acceptors (Lipinski definition) is 5. The first kappa shape index (κ1) is 15.8. The minimum atomic E-state index is -3.74. The summed E-state index contributed by atoms with van der Waals surface area (Å²) in [5.74, 6) is 0. The van der Waals surface area contributed by atoms with E-state index in [2.05, 4.69) is 4.72 Å². The van der Waals surface area contributed by atoms with E-state index in [0.717, 1.165) is 4.31 Å². The minimum absolute atomic E-state index is 0.0595. The lowest BCUT2D eigenvalue weighted by molar-refractivity contribution is 0.203. The Morgan fingerprint density at radius 3 is 2.06 bits per heavy atom. The number of ether oxygens (including phenoxy) is 1. The average molecular weight is 302 g/mol. The second-order valence-electron chi connectivity index (χ2n) is 3.74. The monoisotopic (exact) mass is 302 g/mol. The number of nitrogens with two attached hydrogens (primary N) is 1. The lowest BCUT2D eigenvalue weighted by Crippen LogP contribution is -2.54. The lowest BCUT2D eigenvalue weighted by Gasteiger charge is -2.32. The number of piperazine rings is 1. The summed E-state index contributed by atoms with van der Waals surface area (Å²) in [6, 6.07) is 0. The summed E-state index contributed by atoms with van der Waals surface area (Å²) < 4.78 is 55.0. The maximum Gasteiger partial charge on any atom is 0.279 e. The van der Waals surface area contributed by atoms with E-state index in [1.165, 1.54) is 11.4 Å².